The van der Waals surface area contributed by atoms with E-state index >= 15 is 0 Å². The topological polar surface area (TPSA) is 20.3 Å². The minimum atomic E-state index is 0.0857. The van der Waals surface area contributed by atoms with Crippen molar-refractivity contribution in [3.63, 3.8) is 0 Å². The van der Waals surface area contributed by atoms with Gasteiger partial charge in [0.15, 0.2) is 0 Å². The van der Waals surface area contributed by atoms with Gasteiger partial charge >= 0.3 is 0 Å². The highest BCUT2D eigenvalue weighted by Gasteiger charge is 2.38. The molecule has 2 nitrogen and oxygen atoms in total. The van der Waals surface area contributed by atoms with Crippen LogP contribution in [0.1, 0.15) is 46.0 Å². The number of halogens is 1. The Morgan fingerprint density at radius 3 is 2.67 bits per heavy atom. The molecule has 1 saturated heterocycles. The molecule has 15 heavy (non-hydrogen) atoms. The van der Waals surface area contributed by atoms with Crippen molar-refractivity contribution in [1.29, 1.82) is 0 Å². The lowest BCUT2D eigenvalue weighted by atomic mass is 9.75. The van der Waals surface area contributed by atoms with Gasteiger partial charge < -0.3 is 4.90 Å². The van der Waals surface area contributed by atoms with Crippen LogP contribution in [0.2, 0.25) is 0 Å². The molecule has 0 aromatic carbocycles. The summed E-state index contributed by atoms with van der Waals surface area (Å²) in [5.74, 6) is 0.317. The van der Waals surface area contributed by atoms with Crippen LogP contribution in [-0.4, -0.2) is 28.2 Å². The van der Waals surface area contributed by atoms with Gasteiger partial charge in [0, 0.05) is 12.6 Å². The van der Waals surface area contributed by atoms with Crippen molar-refractivity contribution in [3.8, 4) is 0 Å². The van der Waals surface area contributed by atoms with E-state index in [0.717, 1.165) is 13.0 Å². The summed E-state index contributed by atoms with van der Waals surface area (Å²) in [5, 5.41) is 0. The largest absolute Gasteiger partial charge is 0.339 e. The fourth-order valence-corrected chi connectivity index (χ4v) is 3.42. The maximum absolute atomic E-state index is 11.9. The third kappa shape index (κ3) is 2.38. The molecule has 1 saturated carbocycles. The molecule has 2 aliphatic rings. The lowest BCUT2D eigenvalue weighted by Gasteiger charge is -2.39. The van der Waals surface area contributed by atoms with Crippen molar-refractivity contribution >= 4 is 21.8 Å². The standard InChI is InChI=1S/C12H20BrNO/c1-12(2)6-3-4-9(8-12)14-7-5-10(13)11(14)15/h9-10H,3-8H2,1-2H3. The van der Waals surface area contributed by atoms with Crippen LogP contribution in [0.15, 0.2) is 0 Å². The highest BCUT2D eigenvalue weighted by atomic mass is 79.9. The van der Waals surface area contributed by atoms with Crippen LogP contribution in [-0.2, 0) is 4.79 Å². The van der Waals surface area contributed by atoms with E-state index in [1.54, 1.807) is 0 Å². The van der Waals surface area contributed by atoms with E-state index in [-0.39, 0.29) is 4.83 Å². The smallest absolute Gasteiger partial charge is 0.236 e. The van der Waals surface area contributed by atoms with E-state index in [1.807, 2.05) is 0 Å². The number of carbonyl (C=O) groups excluding carboxylic acids is 1. The molecule has 3 heteroatoms. The molecule has 1 aliphatic heterocycles. The second kappa shape index (κ2) is 4.08. The first-order valence-corrected chi connectivity index (χ1v) is 6.86. The van der Waals surface area contributed by atoms with Crippen LogP contribution in [0.3, 0.4) is 0 Å². The van der Waals surface area contributed by atoms with Crippen LogP contribution in [0, 0.1) is 5.41 Å². The van der Waals surface area contributed by atoms with Crippen molar-refractivity contribution in [2.45, 2.75) is 56.8 Å². The van der Waals surface area contributed by atoms with Crippen molar-refractivity contribution in [3.05, 3.63) is 0 Å². The van der Waals surface area contributed by atoms with Crippen LogP contribution in [0.25, 0.3) is 0 Å². The van der Waals surface area contributed by atoms with Crippen LogP contribution in [0.5, 0.6) is 0 Å². The van der Waals surface area contributed by atoms with Crippen LogP contribution in [0.4, 0.5) is 0 Å². The highest BCUT2D eigenvalue weighted by molar-refractivity contribution is 9.10. The van der Waals surface area contributed by atoms with E-state index in [0.29, 0.717) is 17.4 Å². The SMILES string of the molecule is CC1(C)CCCC(N2CCC(Br)C2=O)C1. The number of amides is 1. The molecule has 0 spiro atoms. The molecule has 2 atom stereocenters. The molecule has 2 unspecified atom stereocenters. The maximum atomic E-state index is 11.9. The normalized spacial score (nSPS) is 35.9. The minimum absolute atomic E-state index is 0.0857. The monoisotopic (exact) mass is 273 g/mol. The van der Waals surface area contributed by atoms with Crippen molar-refractivity contribution in [1.82, 2.24) is 4.90 Å². The number of rotatable bonds is 1. The van der Waals surface area contributed by atoms with Gasteiger partial charge in [-0.1, -0.05) is 36.2 Å². The summed E-state index contributed by atoms with van der Waals surface area (Å²) in [6, 6.07) is 0.504. The molecule has 0 bridgehead atoms. The van der Waals surface area contributed by atoms with Crippen LogP contribution < -0.4 is 0 Å². The molecule has 0 N–H and O–H groups in total. The molecular weight excluding hydrogens is 254 g/mol. The molecule has 2 rings (SSSR count). The Balaban J connectivity index is 2.02. The Morgan fingerprint density at radius 1 is 1.40 bits per heavy atom. The number of carbonyl (C=O) groups is 1. The Kier molecular flexibility index (Phi) is 3.11. The van der Waals surface area contributed by atoms with Crippen molar-refractivity contribution in [2.75, 3.05) is 6.54 Å². The van der Waals surface area contributed by atoms with Gasteiger partial charge in [0.05, 0.1) is 4.83 Å². The van der Waals surface area contributed by atoms with E-state index < -0.39 is 0 Å². The van der Waals surface area contributed by atoms with Gasteiger partial charge in [-0.25, -0.2) is 0 Å². The molecule has 1 amide bonds. The summed E-state index contributed by atoms with van der Waals surface area (Å²) < 4.78 is 0. The minimum Gasteiger partial charge on any atom is -0.339 e. The lowest BCUT2D eigenvalue weighted by molar-refractivity contribution is -0.130. The third-order valence-corrected chi connectivity index (χ3v) is 4.64. The van der Waals surface area contributed by atoms with Gasteiger partial charge in [-0.05, 0) is 31.1 Å². The van der Waals surface area contributed by atoms with Gasteiger partial charge in [0.25, 0.3) is 0 Å². The summed E-state index contributed by atoms with van der Waals surface area (Å²) >= 11 is 3.45. The first-order chi connectivity index (χ1) is 6.99. The van der Waals surface area contributed by atoms with E-state index in [1.165, 1.54) is 25.7 Å². The molecular formula is C12H20BrNO. The summed E-state index contributed by atoms with van der Waals surface area (Å²) in [5.41, 5.74) is 0.424. The predicted octanol–water partition coefficient (Wildman–Crippen LogP) is 2.95. The molecule has 1 aliphatic carbocycles. The average Bonchev–Trinajstić information content (AvgIpc) is 2.46. The lowest BCUT2D eigenvalue weighted by Crippen LogP contribution is -2.42. The summed E-state index contributed by atoms with van der Waals surface area (Å²) in [6.45, 7) is 5.60. The predicted molar refractivity (Wildman–Crippen MR) is 65.1 cm³/mol. The van der Waals surface area contributed by atoms with E-state index in [4.69, 9.17) is 0 Å². The third-order valence-electron chi connectivity index (χ3n) is 3.79. The zero-order valence-electron chi connectivity index (χ0n) is 9.63. The maximum Gasteiger partial charge on any atom is 0.236 e. The molecule has 0 aromatic rings. The Morgan fingerprint density at radius 2 is 2.13 bits per heavy atom. The Bertz CT molecular complexity index is 264. The Labute approximate surface area is 101 Å². The average molecular weight is 274 g/mol. The van der Waals surface area contributed by atoms with Crippen molar-refractivity contribution < 1.29 is 4.79 Å². The van der Waals surface area contributed by atoms with Gasteiger partial charge in [-0.2, -0.15) is 0 Å². The van der Waals surface area contributed by atoms with E-state index in [2.05, 4.69) is 34.7 Å². The zero-order valence-corrected chi connectivity index (χ0v) is 11.2. The van der Waals surface area contributed by atoms with Gasteiger partial charge in [0.2, 0.25) is 5.91 Å². The number of alkyl halides is 1. The first kappa shape index (κ1) is 11.4. The highest BCUT2D eigenvalue weighted by Crippen LogP contribution is 2.38. The van der Waals surface area contributed by atoms with Crippen LogP contribution >= 0.6 is 15.9 Å². The quantitative estimate of drug-likeness (QED) is 0.673. The molecule has 0 aromatic heterocycles. The van der Waals surface area contributed by atoms with E-state index in [9.17, 15) is 4.79 Å². The molecule has 1 heterocycles. The fraction of sp³-hybridized carbons (Fsp3) is 0.917. The van der Waals surface area contributed by atoms with Gasteiger partial charge in [-0.3, -0.25) is 4.79 Å². The summed E-state index contributed by atoms with van der Waals surface area (Å²) in [7, 11) is 0. The van der Waals surface area contributed by atoms with Gasteiger partial charge in [-0.15, -0.1) is 0 Å². The number of nitrogens with zero attached hydrogens (tertiary/aromatic N) is 1. The second-order valence-corrected chi connectivity index (χ2v) is 6.81. The molecule has 0 radical (unpaired) electrons. The Hall–Kier alpha value is -0.0500. The zero-order chi connectivity index (χ0) is 11.1. The summed E-state index contributed by atoms with van der Waals surface area (Å²) in [4.78, 5) is 14.1. The number of likely N-dealkylation sites (tertiary alicyclic amines) is 1. The number of hydrogen-bond donors (Lipinski definition) is 0. The summed E-state index contributed by atoms with van der Waals surface area (Å²) in [6.07, 6.45) is 5.95. The molecule has 86 valence electrons. The number of hydrogen-bond acceptors (Lipinski definition) is 1. The van der Waals surface area contributed by atoms with Gasteiger partial charge in [0.1, 0.15) is 0 Å². The second-order valence-electron chi connectivity index (χ2n) is 5.70. The first-order valence-electron chi connectivity index (χ1n) is 5.94. The van der Waals surface area contributed by atoms with Crippen molar-refractivity contribution in [2.24, 2.45) is 5.41 Å². The molecule has 2 fully saturated rings. The fourth-order valence-electron chi connectivity index (χ4n) is 2.95.